The van der Waals surface area contributed by atoms with Crippen LogP contribution in [0, 0.1) is 0 Å². The second-order valence-electron chi connectivity index (χ2n) is 4.48. The number of aromatic nitrogens is 1. The number of ether oxygens (including phenoxy) is 1. The molecule has 18 heavy (non-hydrogen) atoms. The van der Waals surface area contributed by atoms with Crippen LogP contribution in [0.4, 0.5) is 0 Å². The molecule has 1 fully saturated rings. The van der Waals surface area contributed by atoms with Gasteiger partial charge in [-0.15, -0.1) is 11.3 Å². The quantitative estimate of drug-likeness (QED) is 0.786. The van der Waals surface area contributed by atoms with Gasteiger partial charge >= 0.3 is 5.97 Å². The van der Waals surface area contributed by atoms with E-state index in [1.165, 1.54) is 50.6 Å². The Bertz CT molecular complexity index is 411. The molecule has 0 aliphatic heterocycles. The Morgan fingerprint density at radius 1 is 1.44 bits per heavy atom. The van der Waals surface area contributed by atoms with Crippen molar-refractivity contribution < 1.29 is 9.53 Å². The summed E-state index contributed by atoms with van der Waals surface area (Å²) in [6.07, 6.45) is 7.36. The summed E-state index contributed by atoms with van der Waals surface area (Å²) in [4.78, 5) is 16.9. The number of esters is 1. The van der Waals surface area contributed by atoms with Crippen molar-refractivity contribution in [2.24, 2.45) is 0 Å². The summed E-state index contributed by atoms with van der Waals surface area (Å²) < 4.78 is 5.83. The minimum atomic E-state index is -0.250. The highest BCUT2D eigenvalue weighted by Crippen LogP contribution is 2.36. The van der Waals surface area contributed by atoms with E-state index >= 15 is 0 Å². The molecule has 0 radical (unpaired) electrons. The monoisotopic (exact) mass is 285 g/mol. The molecule has 0 bridgehead atoms. The first kappa shape index (κ1) is 13.9. The molecule has 100 valence electrons. The number of thiazole rings is 1. The molecule has 1 aromatic heterocycles. The van der Waals surface area contributed by atoms with Crippen LogP contribution in [0.2, 0.25) is 0 Å². The first-order chi connectivity index (χ1) is 8.74. The number of aryl methyl sites for hydroxylation is 1. The van der Waals surface area contributed by atoms with Gasteiger partial charge < -0.3 is 4.74 Å². The lowest BCUT2D eigenvalue weighted by atomic mass is 10.0. The highest BCUT2D eigenvalue weighted by Gasteiger charge is 2.21. The Morgan fingerprint density at radius 2 is 2.17 bits per heavy atom. The number of nitrogens with zero attached hydrogens (tertiary/aromatic N) is 1. The van der Waals surface area contributed by atoms with Crippen LogP contribution < -0.4 is 0 Å². The molecule has 1 heterocycles. The summed E-state index contributed by atoms with van der Waals surface area (Å²) in [6.45, 7) is 2.02. The van der Waals surface area contributed by atoms with Gasteiger partial charge in [0.05, 0.1) is 12.8 Å². The van der Waals surface area contributed by atoms with Crippen LogP contribution >= 0.6 is 23.1 Å². The lowest BCUT2D eigenvalue weighted by Crippen LogP contribution is -2.07. The number of hydrogen-bond acceptors (Lipinski definition) is 5. The molecule has 3 nitrogen and oxygen atoms in total. The third-order valence-corrected chi connectivity index (χ3v) is 5.71. The van der Waals surface area contributed by atoms with Gasteiger partial charge in [0.2, 0.25) is 0 Å². The van der Waals surface area contributed by atoms with Crippen molar-refractivity contribution in [3.05, 3.63) is 10.6 Å². The van der Waals surface area contributed by atoms with E-state index in [1.54, 1.807) is 0 Å². The lowest BCUT2D eigenvalue weighted by Gasteiger charge is -2.19. The van der Waals surface area contributed by atoms with Crippen molar-refractivity contribution in [1.82, 2.24) is 4.98 Å². The molecule has 1 aliphatic rings. The highest BCUT2D eigenvalue weighted by atomic mass is 32.2. The Kier molecular flexibility index (Phi) is 5.06. The molecule has 0 amide bonds. The largest absolute Gasteiger partial charge is 0.465 e. The first-order valence-electron chi connectivity index (χ1n) is 6.49. The molecular formula is C13H19NO2S2. The van der Waals surface area contributed by atoms with Crippen molar-refractivity contribution in [3.8, 4) is 0 Å². The van der Waals surface area contributed by atoms with Crippen LogP contribution in [-0.2, 0) is 11.2 Å². The molecule has 0 aromatic carbocycles. The standard InChI is InChI=1S/C13H19NO2S2/c1-3-10-11(12(15)16-2)18-13(14-10)17-9-7-5-4-6-8-9/h9H,3-8H2,1-2H3. The molecular weight excluding hydrogens is 266 g/mol. The normalized spacial score (nSPS) is 16.8. The molecule has 0 N–H and O–H groups in total. The fraction of sp³-hybridized carbons (Fsp3) is 0.692. The zero-order chi connectivity index (χ0) is 13.0. The maximum Gasteiger partial charge on any atom is 0.350 e. The Balaban J connectivity index is 2.08. The topological polar surface area (TPSA) is 39.2 Å². The van der Waals surface area contributed by atoms with Crippen molar-refractivity contribution in [3.63, 3.8) is 0 Å². The van der Waals surface area contributed by atoms with Gasteiger partial charge in [0.1, 0.15) is 4.88 Å². The minimum absolute atomic E-state index is 0.250. The van der Waals surface area contributed by atoms with Crippen LogP contribution in [0.15, 0.2) is 4.34 Å². The number of carbonyl (C=O) groups excluding carboxylic acids is 1. The fourth-order valence-electron chi connectivity index (χ4n) is 2.20. The summed E-state index contributed by atoms with van der Waals surface area (Å²) in [5.74, 6) is -0.250. The number of methoxy groups -OCH3 is 1. The van der Waals surface area contributed by atoms with Crippen molar-refractivity contribution in [1.29, 1.82) is 0 Å². The van der Waals surface area contributed by atoms with Crippen LogP contribution in [-0.4, -0.2) is 23.3 Å². The van der Waals surface area contributed by atoms with Gasteiger partial charge in [-0.1, -0.05) is 37.9 Å². The Morgan fingerprint density at radius 3 is 2.78 bits per heavy atom. The molecule has 0 spiro atoms. The maximum absolute atomic E-state index is 11.6. The zero-order valence-electron chi connectivity index (χ0n) is 10.9. The van der Waals surface area contributed by atoms with E-state index in [4.69, 9.17) is 4.74 Å². The number of thioether (sulfide) groups is 1. The summed E-state index contributed by atoms with van der Waals surface area (Å²) in [7, 11) is 1.43. The van der Waals surface area contributed by atoms with Gasteiger partial charge in [-0.2, -0.15) is 0 Å². The maximum atomic E-state index is 11.6. The number of carbonyl (C=O) groups is 1. The average Bonchev–Trinajstić information content (AvgIpc) is 2.82. The summed E-state index contributed by atoms with van der Waals surface area (Å²) in [5.41, 5.74) is 0.880. The van der Waals surface area contributed by atoms with Crippen LogP contribution in [0.25, 0.3) is 0 Å². The van der Waals surface area contributed by atoms with Gasteiger partial charge in [-0.3, -0.25) is 0 Å². The van der Waals surface area contributed by atoms with Crippen LogP contribution in [0.5, 0.6) is 0 Å². The van der Waals surface area contributed by atoms with Crippen molar-refractivity contribution >= 4 is 29.1 Å². The van der Waals surface area contributed by atoms with E-state index in [-0.39, 0.29) is 5.97 Å². The lowest BCUT2D eigenvalue weighted by molar-refractivity contribution is 0.0605. The van der Waals surface area contributed by atoms with Gasteiger partial charge in [0.15, 0.2) is 4.34 Å². The molecule has 1 saturated carbocycles. The van der Waals surface area contributed by atoms with E-state index in [0.717, 1.165) is 16.5 Å². The van der Waals surface area contributed by atoms with E-state index < -0.39 is 0 Å². The Labute approximate surface area is 116 Å². The van der Waals surface area contributed by atoms with E-state index in [2.05, 4.69) is 4.98 Å². The predicted molar refractivity (Wildman–Crippen MR) is 75.6 cm³/mol. The summed E-state index contributed by atoms with van der Waals surface area (Å²) in [5, 5.41) is 0.681. The van der Waals surface area contributed by atoms with Crippen molar-refractivity contribution in [2.75, 3.05) is 7.11 Å². The van der Waals surface area contributed by atoms with Crippen molar-refractivity contribution in [2.45, 2.75) is 55.0 Å². The van der Waals surface area contributed by atoms with Crippen LogP contribution in [0.3, 0.4) is 0 Å². The second-order valence-corrected chi connectivity index (χ2v) is 7.03. The summed E-state index contributed by atoms with van der Waals surface area (Å²) in [6, 6.07) is 0. The van der Waals surface area contributed by atoms with Gasteiger partial charge in [-0.25, -0.2) is 9.78 Å². The second kappa shape index (κ2) is 6.57. The average molecular weight is 285 g/mol. The molecule has 2 rings (SSSR count). The highest BCUT2D eigenvalue weighted by molar-refractivity contribution is 8.01. The van der Waals surface area contributed by atoms with Gasteiger partial charge in [-0.05, 0) is 19.3 Å². The molecule has 1 aliphatic carbocycles. The SMILES string of the molecule is CCc1nc(SC2CCCCC2)sc1C(=O)OC. The zero-order valence-corrected chi connectivity index (χ0v) is 12.5. The molecule has 5 heteroatoms. The van der Waals surface area contributed by atoms with E-state index in [1.807, 2.05) is 18.7 Å². The predicted octanol–water partition coefficient (Wildman–Crippen LogP) is 3.92. The molecule has 0 saturated heterocycles. The van der Waals surface area contributed by atoms with E-state index in [9.17, 15) is 4.79 Å². The van der Waals surface area contributed by atoms with E-state index in [0.29, 0.717) is 10.1 Å². The third-order valence-electron chi connectivity index (χ3n) is 3.20. The number of hydrogen-bond donors (Lipinski definition) is 0. The van der Waals surface area contributed by atoms with Gasteiger partial charge in [0.25, 0.3) is 0 Å². The molecule has 0 atom stereocenters. The smallest absolute Gasteiger partial charge is 0.350 e. The fourth-order valence-corrected chi connectivity index (χ4v) is 4.87. The Hall–Kier alpha value is -0.550. The minimum Gasteiger partial charge on any atom is -0.465 e. The molecule has 1 aromatic rings. The van der Waals surface area contributed by atoms with Gasteiger partial charge in [0, 0.05) is 5.25 Å². The summed E-state index contributed by atoms with van der Waals surface area (Å²) >= 11 is 3.33. The van der Waals surface area contributed by atoms with Crippen LogP contribution in [0.1, 0.15) is 54.4 Å². The third kappa shape index (κ3) is 3.26. The molecule has 0 unspecified atom stereocenters. The number of rotatable bonds is 4. The first-order valence-corrected chi connectivity index (χ1v) is 8.19.